The van der Waals surface area contributed by atoms with Crippen LogP contribution in [0.5, 0.6) is 0 Å². The lowest BCUT2D eigenvalue weighted by Gasteiger charge is -2.34. The Morgan fingerprint density at radius 2 is 1.78 bits per heavy atom. The molecule has 0 bridgehead atoms. The Kier molecular flexibility index (Phi) is 10.6. The van der Waals surface area contributed by atoms with Crippen molar-refractivity contribution in [3.05, 3.63) is 21.7 Å². The van der Waals surface area contributed by atoms with Crippen molar-refractivity contribution in [2.75, 3.05) is 0 Å². The van der Waals surface area contributed by atoms with Crippen LogP contribution in [0.1, 0.15) is 84.3 Å². The first kappa shape index (κ1) is 35.2. The molecule has 3 rings (SSSR count). The first-order chi connectivity index (χ1) is 18.2. The number of cyclic esters (lactones) is 1. The lowest BCUT2D eigenvalue weighted by Crippen LogP contribution is -2.45. The molecule has 2 heterocycles. The third kappa shape index (κ3) is 7.17. The van der Waals surface area contributed by atoms with Crippen LogP contribution in [0.25, 0.3) is 6.08 Å². The van der Waals surface area contributed by atoms with Gasteiger partial charge in [-0.25, -0.2) is 13.8 Å². The van der Waals surface area contributed by atoms with Crippen LogP contribution in [0.4, 0.5) is 22.0 Å². The molecule has 13 heteroatoms. The summed E-state index contributed by atoms with van der Waals surface area (Å²) >= 11 is 0.390. The van der Waals surface area contributed by atoms with Crippen molar-refractivity contribution >= 4 is 29.2 Å². The van der Waals surface area contributed by atoms with Gasteiger partial charge in [0.1, 0.15) is 11.9 Å². The molecule has 1 aromatic heterocycles. The molecule has 0 unspecified atom stereocenters. The highest BCUT2D eigenvalue weighted by molar-refractivity contribution is 7.09. The summed E-state index contributed by atoms with van der Waals surface area (Å²) in [4.78, 5) is 29.7. The number of Topliss-reactive ketones (excluding diaryl/α,β-unsaturated/α-hetero) is 1. The average molecular weight is 614 g/mol. The third-order valence-corrected chi connectivity index (χ3v) is 9.85. The van der Waals surface area contributed by atoms with Gasteiger partial charge in [0.15, 0.2) is 5.01 Å². The lowest BCUT2D eigenvalue weighted by molar-refractivity contribution is -0.154. The number of carbonyl (C=O) groups is 2. The maximum atomic E-state index is 15.1. The first-order valence-corrected chi connectivity index (χ1v) is 14.3. The molecule has 1 aliphatic carbocycles. The molecule has 0 spiro atoms. The van der Waals surface area contributed by atoms with Crippen LogP contribution < -0.4 is 0 Å². The highest BCUT2D eigenvalue weighted by Gasteiger charge is 2.76. The highest BCUT2D eigenvalue weighted by atomic mass is 32.1. The van der Waals surface area contributed by atoms with Crippen LogP contribution in [0.2, 0.25) is 0 Å². The number of aliphatic hydroxyl groups excluding tert-OH is 2. The van der Waals surface area contributed by atoms with E-state index in [1.807, 2.05) is 0 Å². The summed E-state index contributed by atoms with van der Waals surface area (Å²) in [6.07, 6.45) is -7.10. The Labute approximate surface area is 240 Å². The standard InChI is InChI=1S/C28H38F5NO5S.H2O/c1-14-8-7-9-26(6)19(27(26,29)30)11-18(15(2)10-17-13-40-24(34-17)28(31,32)33)39-21(36)12-20(35)25(4,5)23(38)16(3)22(14)37;/h10,13-14,16,18-20,22,35,37H,7-9,11-12H2,1-6H3;1H2/b15-10+;/t14-,16+,18-,19-,20-,22-,26+;/m0./s1. The van der Waals surface area contributed by atoms with E-state index < -0.39 is 76.3 Å². The third-order valence-electron chi connectivity index (χ3n) is 8.95. The molecular weight excluding hydrogens is 573 g/mol. The van der Waals surface area contributed by atoms with Gasteiger partial charge in [-0.1, -0.05) is 41.0 Å². The zero-order chi connectivity index (χ0) is 30.4. The molecule has 1 aliphatic heterocycles. The van der Waals surface area contributed by atoms with Crippen molar-refractivity contribution in [2.24, 2.45) is 28.6 Å². The van der Waals surface area contributed by atoms with Gasteiger partial charge in [0.25, 0.3) is 5.92 Å². The normalized spacial score (nSPS) is 35.2. The molecule has 0 amide bonds. The van der Waals surface area contributed by atoms with Crippen molar-refractivity contribution < 1.29 is 52.0 Å². The number of carbonyl (C=O) groups excluding carboxylic acids is 2. The highest BCUT2D eigenvalue weighted by Crippen LogP contribution is 2.70. The van der Waals surface area contributed by atoms with Crippen LogP contribution in [0.3, 0.4) is 0 Å². The number of hydrogen-bond acceptors (Lipinski definition) is 7. The van der Waals surface area contributed by atoms with Crippen molar-refractivity contribution in [2.45, 2.75) is 104 Å². The predicted molar refractivity (Wildman–Crippen MR) is 143 cm³/mol. The van der Waals surface area contributed by atoms with Crippen LogP contribution in [0.15, 0.2) is 11.0 Å². The average Bonchev–Trinajstić information content (AvgIpc) is 3.16. The van der Waals surface area contributed by atoms with Gasteiger partial charge in [-0.3, -0.25) is 9.59 Å². The number of ether oxygens (including phenoxy) is 1. The fourth-order valence-corrected chi connectivity index (χ4v) is 6.40. The van der Waals surface area contributed by atoms with Crippen molar-refractivity contribution in [1.29, 1.82) is 0 Å². The van der Waals surface area contributed by atoms with E-state index >= 15 is 8.78 Å². The molecule has 2 aliphatic rings. The molecule has 7 atom stereocenters. The van der Waals surface area contributed by atoms with Gasteiger partial charge in [-0.2, -0.15) is 13.2 Å². The lowest BCUT2D eigenvalue weighted by atomic mass is 9.73. The minimum atomic E-state index is -4.64. The first-order valence-electron chi connectivity index (χ1n) is 13.4. The van der Waals surface area contributed by atoms with E-state index in [1.54, 1.807) is 13.8 Å². The van der Waals surface area contributed by atoms with Crippen molar-refractivity contribution in [1.82, 2.24) is 4.98 Å². The second-order valence-corrected chi connectivity index (χ2v) is 13.1. The minimum Gasteiger partial charge on any atom is -0.458 e. The van der Waals surface area contributed by atoms with E-state index in [-0.39, 0.29) is 35.5 Å². The SMILES string of the molecule is C/C(=C\c1csc(C(F)(F)F)n1)[C@@H]1C[C@@H]2C(F)(F)[C@]2(C)CCC[C@H](C)[C@H](O)[C@@H](C)C(=O)C(C)(C)[C@@H](O)CC(=O)O1.O. The Morgan fingerprint density at radius 1 is 1.17 bits per heavy atom. The van der Waals surface area contributed by atoms with Crippen molar-refractivity contribution in [3.8, 4) is 0 Å². The number of alkyl halides is 5. The molecule has 4 N–H and O–H groups in total. The summed E-state index contributed by atoms with van der Waals surface area (Å²) in [5, 5.41) is 21.7. The summed E-state index contributed by atoms with van der Waals surface area (Å²) in [5.41, 5.74) is -2.63. The zero-order valence-electron chi connectivity index (χ0n) is 24.0. The molecule has 7 nitrogen and oxygen atoms in total. The Bertz CT molecular complexity index is 1140. The molecule has 2 fully saturated rings. The Balaban J connectivity index is 0.00000588. The van der Waals surface area contributed by atoms with Crippen LogP contribution >= 0.6 is 11.3 Å². The molecule has 1 saturated heterocycles. The summed E-state index contributed by atoms with van der Waals surface area (Å²) in [7, 11) is 0. The summed E-state index contributed by atoms with van der Waals surface area (Å²) in [6.45, 7) is 9.13. The summed E-state index contributed by atoms with van der Waals surface area (Å²) in [5.74, 6) is -6.85. The van der Waals surface area contributed by atoms with Gasteiger partial charge in [-0.15, -0.1) is 11.3 Å². The van der Waals surface area contributed by atoms with E-state index in [0.29, 0.717) is 24.2 Å². The van der Waals surface area contributed by atoms with Crippen LogP contribution in [0, 0.1) is 28.6 Å². The number of aliphatic hydroxyl groups is 2. The number of thiazole rings is 1. The smallest absolute Gasteiger partial charge is 0.443 e. The van der Waals surface area contributed by atoms with Gasteiger partial charge in [0.2, 0.25) is 0 Å². The maximum absolute atomic E-state index is 15.1. The zero-order valence-corrected chi connectivity index (χ0v) is 24.8. The number of esters is 1. The quantitative estimate of drug-likeness (QED) is 0.336. The molecule has 41 heavy (non-hydrogen) atoms. The minimum absolute atomic E-state index is 0. The van der Waals surface area contributed by atoms with E-state index in [1.165, 1.54) is 39.2 Å². The molecule has 0 aromatic carbocycles. The number of halogens is 5. The number of aromatic nitrogens is 1. The molecule has 234 valence electrons. The largest absolute Gasteiger partial charge is 0.458 e. The molecule has 1 aromatic rings. The molecular formula is C28H40F5NO6S. The second-order valence-electron chi connectivity index (χ2n) is 12.2. The Hall–Kier alpha value is -1.96. The van der Waals surface area contributed by atoms with Gasteiger partial charge in [-0.05, 0) is 43.8 Å². The summed E-state index contributed by atoms with van der Waals surface area (Å²) < 4.78 is 74.8. The predicted octanol–water partition coefficient (Wildman–Crippen LogP) is 5.48. The van der Waals surface area contributed by atoms with E-state index in [9.17, 15) is 33.0 Å². The molecule has 1 saturated carbocycles. The van der Waals surface area contributed by atoms with E-state index in [4.69, 9.17) is 4.74 Å². The van der Waals surface area contributed by atoms with Gasteiger partial charge in [0.05, 0.1) is 29.7 Å². The maximum Gasteiger partial charge on any atom is 0.443 e. The number of fused-ring (bicyclic) bond motifs is 1. The number of hydrogen-bond donors (Lipinski definition) is 2. The topological polar surface area (TPSA) is 128 Å². The van der Waals surface area contributed by atoms with Gasteiger partial charge in [0, 0.05) is 22.6 Å². The fourth-order valence-electron chi connectivity index (χ4n) is 5.75. The van der Waals surface area contributed by atoms with Gasteiger partial charge >= 0.3 is 12.1 Å². The van der Waals surface area contributed by atoms with Gasteiger partial charge < -0.3 is 20.4 Å². The molecule has 0 radical (unpaired) electrons. The van der Waals surface area contributed by atoms with Crippen molar-refractivity contribution in [3.63, 3.8) is 0 Å². The van der Waals surface area contributed by atoms with E-state index in [2.05, 4.69) is 4.98 Å². The summed E-state index contributed by atoms with van der Waals surface area (Å²) in [6, 6.07) is 0. The Morgan fingerprint density at radius 3 is 2.34 bits per heavy atom. The fraction of sp³-hybridized carbons (Fsp3) is 0.750. The number of rotatable bonds is 2. The number of nitrogens with zero attached hydrogens (tertiary/aromatic N) is 1. The van der Waals surface area contributed by atoms with E-state index in [0.717, 1.165) is 0 Å². The number of ketones is 1. The van der Waals surface area contributed by atoms with Crippen LogP contribution in [-0.2, 0) is 20.5 Å². The van der Waals surface area contributed by atoms with Crippen LogP contribution in [-0.4, -0.2) is 56.7 Å². The monoisotopic (exact) mass is 613 g/mol. The second kappa shape index (κ2) is 12.3.